The monoisotopic (exact) mass is 1180 g/mol. The molecule has 430 valence electrons. The lowest BCUT2D eigenvalue weighted by Crippen LogP contribution is -2.49. The molecule has 27 heteroatoms. The van der Waals surface area contributed by atoms with Gasteiger partial charge in [-0.1, -0.05) is 68.1 Å². The third kappa shape index (κ3) is 12.0. The van der Waals surface area contributed by atoms with Gasteiger partial charge in [0.05, 0.1) is 34.4 Å². The molecule has 0 atom stereocenters. The molecule has 4 heterocycles. The Hall–Kier alpha value is -5.77. The van der Waals surface area contributed by atoms with Gasteiger partial charge in [0, 0.05) is 11.6 Å². The van der Waals surface area contributed by atoms with Gasteiger partial charge >= 0.3 is 53.8 Å². The fraction of sp³-hybridized carbons (Fsp3) is 0.442. The molecule has 0 aromatic heterocycles. The van der Waals surface area contributed by atoms with E-state index in [4.69, 9.17) is 23.5 Å². The molecule has 0 unspecified atom stereocenters. The summed E-state index contributed by atoms with van der Waals surface area (Å²) in [6.07, 6.45) is 12.9. The first-order valence-corrected chi connectivity index (χ1v) is 28.5. The molecular formula is C52H55BF9NO13S3. The second-order valence-corrected chi connectivity index (χ2v) is 25.7. The first-order chi connectivity index (χ1) is 36.1. The number of carbonyl (C=O) groups is 1. The molecule has 7 aliphatic rings. The van der Waals surface area contributed by atoms with Crippen LogP contribution < -0.4 is 17.9 Å². The maximum atomic E-state index is 12.5. The number of para-hydroxylation sites is 4. The van der Waals surface area contributed by atoms with Gasteiger partial charge in [0.15, 0.2) is 11.5 Å². The number of nitrogens with zero attached hydrogens (tertiary/aromatic N) is 1. The summed E-state index contributed by atoms with van der Waals surface area (Å²) in [7, 11) is -19.6. The number of halogens is 9. The Kier molecular flexibility index (Phi) is 16.4. The summed E-state index contributed by atoms with van der Waals surface area (Å²) in [5, 5.41) is 0. The Labute approximate surface area is 452 Å². The van der Waals surface area contributed by atoms with Crippen LogP contribution in [0, 0.1) is 0 Å². The Morgan fingerprint density at radius 2 is 0.924 bits per heavy atom. The standard InChI is InChI=1S/C18H23BO3.C13H11F3O4S.C12H12O2.C8H5F6NO4S2.CH4/c1-16(2)17(3,4)22-19(21-16)14-12-18(10-7-11-18)20-15-9-6-5-8-13(14)15;14-13(15,16)21(17,18)20-11-8-12(6-3-7-12)19-10-5-2-1-4-9(10)11;13-10-8-12(6-3-7-12)14-11-5-2-1-4-9(10)11;9-7(10,11)20(16,17)15(6-4-2-1-3-5-6)21(18,19)8(12,13)14;/h5-6,8-9,12H,7,10-11H2,1-4H3;1-2,4-5,8H,3,6-7H2;1-2,4-5H,3,6-8H2;1-5H;1H4. The zero-order chi connectivity index (χ0) is 57.2. The van der Waals surface area contributed by atoms with Gasteiger partial charge in [-0.15, -0.1) is 3.71 Å². The zero-order valence-corrected chi connectivity index (χ0v) is 44.4. The molecule has 0 radical (unpaired) electrons. The lowest BCUT2D eigenvalue weighted by molar-refractivity contribution is -0.0513. The maximum absolute atomic E-state index is 12.5. The van der Waals surface area contributed by atoms with Crippen molar-refractivity contribution in [1.29, 1.82) is 0 Å². The van der Waals surface area contributed by atoms with Crippen molar-refractivity contribution in [1.82, 2.24) is 0 Å². The highest BCUT2D eigenvalue weighted by molar-refractivity contribution is 8.11. The van der Waals surface area contributed by atoms with Gasteiger partial charge in [0.1, 0.15) is 34.1 Å². The van der Waals surface area contributed by atoms with Crippen LogP contribution in [0.5, 0.6) is 17.2 Å². The number of anilines is 1. The van der Waals surface area contributed by atoms with Gasteiger partial charge in [-0.25, -0.2) is 0 Å². The maximum Gasteiger partial charge on any atom is 0.534 e. The SMILES string of the molecule is C.CC1(C)OB(C2=CC3(CCC3)Oc3ccccc32)OC1(C)C.O=C1CC2(CCC2)Oc2ccccc21.O=S(=O)(N(c1ccccc1)S(=O)(=O)C(F)(F)F)C(F)(F)F.O=S(=O)(OC1=CC2(CCC2)Oc2ccccc21)C(F)(F)F. The van der Waals surface area contributed by atoms with Crippen LogP contribution in [-0.2, 0) is 43.7 Å². The third-order valence-electron chi connectivity index (χ3n) is 14.4. The van der Waals surface area contributed by atoms with Crippen molar-refractivity contribution in [3.8, 4) is 17.2 Å². The molecule has 4 aromatic rings. The molecule has 3 spiro atoms. The van der Waals surface area contributed by atoms with E-state index in [9.17, 15) is 69.6 Å². The third-order valence-corrected chi connectivity index (χ3v) is 19.0. The summed E-state index contributed by atoms with van der Waals surface area (Å²) in [4.78, 5) is 11.8. The summed E-state index contributed by atoms with van der Waals surface area (Å²) >= 11 is 0. The average Bonchev–Trinajstić information content (AvgIpc) is 3.82. The Balaban J connectivity index is 0.000000153. The van der Waals surface area contributed by atoms with E-state index in [1.165, 1.54) is 25.0 Å². The Morgan fingerprint density at radius 3 is 1.35 bits per heavy atom. The number of fused-ring (bicyclic) bond motifs is 3. The van der Waals surface area contributed by atoms with Crippen molar-refractivity contribution < 1.29 is 97.3 Å². The van der Waals surface area contributed by atoms with Crippen molar-refractivity contribution in [3.05, 3.63) is 132 Å². The smallest absolute Gasteiger partial charge is 0.486 e. The fourth-order valence-corrected chi connectivity index (χ4v) is 12.3. The minimum absolute atomic E-state index is 0. The van der Waals surface area contributed by atoms with Crippen LogP contribution in [0.3, 0.4) is 0 Å². The molecule has 0 N–H and O–H groups in total. The average molecular weight is 1180 g/mol. The molecule has 3 saturated carbocycles. The highest BCUT2D eigenvalue weighted by atomic mass is 32.3. The highest BCUT2D eigenvalue weighted by Crippen LogP contribution is 2.51. The van der Waals surface area contributed by atoms with Gasteiger partial charge < -0.3 is 27.7 Å². The minimum atomic E-state index is -6.81. The van der Waals surface area contributed by atoms with Crippen molar-refractivity contribution in [2.75, 3.05) is 3.71 Å². The van der Waals surface area contributed by atoms with Crippen LogP contribution in [0.25, 0.3) is 11.2 Å². The molecular weight excluding hydrogens is 1120 g/mol. The number of hydrogen-bond acceptors (Lipinski definition) is 13. The zero-order valence-electron chi connectivity index (χ0n) is 42.0. The van der Waals surface area contributed by atoms with E-state index < -0.39 is 61.7 Å². The molecule has 4 aliphatic heterocycles. The van der Waals surface area contributed by atoms with E-state index >= 15 is 0 Å². The molecule has 4 aromatic carbocycles. The molecule has 0 amide bonds. The van der Waals surface area contributed by atoms with E-state index in [0.29, 0.717) is 37.1 Å². The number of rotatable bonds is 6. The van der Waals surface area contributed by atoms with Gasteiger partial charge in [-0.2, -0.15) is 64.8 Å². The van der Waals surface area contributed by atoms with Crippen LogP contribution in [0.1, 0.15) is 121 Å². The lowest BCUT2D eigenvalue weighted by atomic mass is 9.67. The van der Waals surface area contributed by atoms with E-state index in [0.717, 1.165) is 78.4 Å². The van der Waals surface area contributed by atoms with E-state index in [2.05, 4.69) is 44.0 Å². The number of carbonyl (C=O) groups excluding carboxylic acids is 1. The summed E-state index contributed by atoms with van der Waals surface area (Å²) in [6.45, 7) is 8.38. The van der Waals surface area contributed by atoms with Gasteiger partial charge in [0.2, 0.25) is 0 Å². The van der Waals surface area contributed by atoms with Crippen molar-refractivity contribution in [2.24, 2.45) is 0 Å². The number of sulfonamides is 2. The van der Waals surface area contributed by atoms with E-state index in [1.807, 2.05) is 42.5 Å². The molecule has 14 nitrogen and oxygen atoms in total. The van der Waals surface area contributed by atoms with E-state index in [-0.39, 0.29) is 54.1 Å². The van der Waals surface area contributed by atoms with Crippen molar-refractivity contribution in [2.45, 2.75) is 144 Å². The second-order valence-electron chi connectivity index (χ2n) is 20.4. The van der Waals surface area contributed by atoms with Crippen LogP contribution in [0.15, 0.2) is 115 Å². The number of benzene rings is 4. The van der Waals surface area contributed by atoms with Crippen molar-refractivity contribution in [3.63, 3.8) is 0 Å². The summed E-state index contributed by atoms with van der Waals surface area (Å²) < 4.78 is 212. The predicted octanol–water partition coefficient (Wildman–Crippen LogP) is 12.6. The molecule has 3 aliphatic carbocycles. The lowest BCUT2D eigenvalue weighted by Gasteiger charge is -2.44. The molecule has 1 saturated heterocycles. The molecule has 11 rings (SSSR count). The Bertz CT molecular complexity index is 3280. The van der Waals surface area contributed by atoms with Crippen LogP contribution >= 0.6 is 0 Å². The Morgan fingerprint density at radius 1 is 0.519 bits per heavy atom. The number of alkyl halides is 9. The van der Waals surface area contributed by atoms with Crippen LogP contribution in [-0.4, -0.2) is 82.7 Å². The second kappa shape index (κ2) is 21.3. The van der Waals surface area contributed by atoms with Gasteiger partial charge in [-0.3, -0.25) is 4.79 Å². The molecule has 0 bridgehead atoms. The van der Waals surface area contributed by atoms with Gasteiger partial charge in [-0.05, 0) is 139 Å². The van der Waals surface area contributed by atoms with E-state index in [1.54, 1.807) is 18.2 Å². The number of ketones is 1. The topological polar surface area (TPSA) is 178 Å². The fourth-order valence-electron chi connectivity index (χ4n) is 9.11. The normalized spacial score (nSPS) is 20.5. The summed E-state index contributed by atoms with van der Waals surface area (Å²) in [6, 6.07) is 25.9. The summed E-state index contributed by atoms with van der Waals surface area (Å²) in [5.41, 5.74) is -17.8. The first-order valence-electron chi connectivity index (χ1n) is 24.2. The van der Waals surface area contributed by atoms with Gasteiger partial charge in [0.25, 0.3) is 0 Å². The summed E-state index contributed by atoms with van der Waals surface area (Å²) in [5.74, 6) is 1.98. The number of Topliss-reactive ketones (excluding diaryl/α,β-unsaturated/α-hetero) is 1. The minimum Gasteiger partial charge on any atom is -0.486 e. The largest absolute Gasteiger partial charge is 0.534 e. The first kappa shape index (κ1) is 60.9. The van der Waals surface area contributed by atoms with Crippen LogP contribution in [0.4, 0.5) is 45.2 Å². The molecule has 79 heavy (non-hydrogen) atoms. The number of ether oxygens (including phenoxy) is 3. The number of hydrogen-bond donors (Lipinski definition) is 0. The predicted molar refractivity (Wildman–Crippen MR) is 274 cm³/mol. The quantitative estimate of drug-likeness (QED) is 0.0771. The van der Waals surface area contributed by atoms with Crippen molar-refractivity contribution >= 4 is 60.0 Å². The van der Waals surface area contributed by atoms with Crippen LogP contribution in [0.2, 0.25) is 0 Å². The highest BCUT2D eigenvalue weighted by Gasteiger charge is 2.62. The molecule has 4 fully saturated rings.